The van der Waals surface area contributed by atoms with Crippen LogP contribution in [-0.4, -0.2) is 6.21 Å². The molecular formula is C15H15F3NO. The van der Waals surface area contributed by atoms with Crippen LogP contribution in [0.2, 0.25) is 0 Å². The van der Waals surface area contributed by atoms with Crippen molar-refractivity contribution in [3.63, 3.8) is 0 Å². The van der Waals surface area contributed by atoms with Crippen molar-refractivity contribution in [3.8, 4) is 0 Å². The quantitative estimate of drug-likeness (QED) is 0.585. The summed E-state index contributed by atoms with van der Waals surface area (Å²) in [4.78, 5) is 4.93. The Labute approximate surface area is 115 Å². The molecule has 0 N–H and O–H groups in total. The monoisotopic (exact) mass is 282 g/mol. The number of rotatable bonds is 4. The van der Waals surface area contributed by atoms with Crippen molar-refractivity contribution in [2.24, 2.45) is 5.16 Å². The zero-order valence-corrected chi connectivity index (χ0v) is 10.9. The first-order valence-corrected chi connectivity index (χ1v) is 6.49. The van der Waals surface area contributed by atoms with Crippen LogP contribution in [0.3, 0.4) is 0 Å². The zero-order valence-electron chi connectivity index (χ0n) is 10.9. The zero-order chi connectivity index (χ0) is 14.4. The Morgan fingerprint density at radius 3 is 2.70 bits per heavy atom. The van der Waals surface area contributed by atoms with Gasteiger partial charge in [0.25, 0.3) is 0 Å². The van der Waals surface area contributed by atoms with E-state index in [1.165, 1.54) is 12.1 Å². The van der Waals surface area contributed by atoms with Crippen molar-refractivity contribution in [3.05, 3.63) is 47.0 Å². The van der Waals surface area contributed by atoms with Crippen LogP contribution in [0.5, 0.6) is 0 Å². The van der Waals surface area contributed by atoms with Crippen molar-refractivity contribution in [2.45, 2.75) is 38.5 Å². The predicted molar refractivity (Wildman–Crippen MR) is 70.2 cm³/mol. The first-order valence-electron chi connectivity index (χ1n) is 6.49. The number of hydrogen-bond donors (Lipinski definition) is 0. The predicted octanol–water partition coefficient (Wildman–Crippen LogP) is 4.59. The Kier molecular flexibility index (Phi) is 4.82. The number of allylic oxidation sites excluding steroid dienone is 2. The minimum absolute atomic E-state index is 0.0724. The van der Waals surface area contributed by atoms with Crippen LogP contribution >= 0.6 is 0 Å². The van der Waals surface area contributed by atoms with Gasteiger partial charge in [0.05, 0.1) is 5.56 Å². The number of nitrogens with zero attached hydrogens (tertiary/aromatic N) is 1. The van der Waals surface area contributed by atoms with Gasteiger partial charge in [0, 0.05) is 5.56 Å². The van der Waals surface area contributed by atoms with Gasteiger partial charge in [-0.15, -0.1) is 0 Å². The molecule has 0 saturated heterocycles. The van der Waals surface area contributed by atoms with Crippen LogP contribution in [0.4, 0.5) is 13.2 Å². The average molecular weight is 282 g/mol. The summed E-state index contributed by atoms with van der Waals surface area (Å²) in [5.74, 6) is 0. The molecule has 0 unspecified atom stereocenters. The maximum atomic E-state index is 12.7. The molecule has 107 valence electrons. The van der Waals surface area contributed by atoms with Gasteiger partial charge in [-0.25, -0.2) is 0 Å². The highest BCUT2D eigenvalue weighted by Gasteiger charge is 2.32. The fourth-order valence-corrected chi connectivity index (χ4v) is 2.06. The maximum Gasteiger partial charge on any atom is 0.416 e. The SMILES string of the molecule is FC(F)(F)c1ccccc1CO/N=[C]\C1=CCCCC1. The summed E-state index contributed by atoms with van der Waals surface area (Å²) >= 11 is 0. The first kappa shape index (κ1) is 14.6. The Morgan fingerprint density at radius 1 is 1.20 bits per heavy atom. The van der Waals surface area contributed by atoms with Gasteiger partial charge in [0.2, 0.25) is 0 Å². The van der Waals surface area contributed by atoms with E-state index < -0.39 is 11.7 Å². The molecule has 0 spiro atoms. The lowest BCUT2D eigenvalue weighted by atomic mass is 10.0. The van der Waals surface area contributed by atoms with E-state index in [-0.39, 0.29) is 12.2 Å². The number of alkyl halides is 3. The summed E-state index contributed by atoms with van der Waals surface area (Å²) in [7, 11) is 0. The van der Waals surface area contributed by atoms with Crippen LogP contribution < -0.4 is 0 Å². The van der Waals surface area contributed by atoms with E-state index in [2.05, 4.69) is 11.4 Å². The van der Waals surface area contributed by atoms with Crippen molar-refractivity contribution in [1.82, 2.24) is 0 Å². The fourth-order valence-electron chi connectivity index (χ4n) is 2.06. The highest BCUT2D eigenvalue weighted by atomic mass is 19.4. The van der Waals surface area contributed by atoms with E-state index >= 15 is 0 Å². The summed E-state index contributed by atoms with van der Waals surface area (Å²) in [6, 6.07) is 5.33. The lowest BCUT2D eigenvalue weighted by molar-refractivity contribution is -0.138. The van der Waals surface area contributed by atoms with Gasteiger partial charge in [-0.1, -0.05) is 29.4 Å². The van der Waals surface area contributed by atoms with Gasteiger partial charge in [-0.05, 0) is 37.3 Å². The minimum Gasteiger partial charge on any atom is -0.390 e. The second kappa shape index (κ2) is 6.59. The van der Waals surface area contributed by atoms with Crippen molar-refractivity contribution < 1.29 is 18.0 Å². The van der Waals surface area contributed by atoms with E-state index in [0.29, 0.717) is 0 Å². The standard InChI is InChI=1S/C15H15F3NO/c16-15(17,18)14-9-5-4-8-13(14)11-20-19-10-12-6-2-1-3-7-12/h4-6,8-9H,1-3,7,11H2. The van der Waals surface area contributed by atoms with Crippen molar-refractivity contribution in [1.29, 1.82) is 0 Å². The molecule has 1 aliphatic rings. The second-order valence-electron chi connectivity index (χ2n) is 4.61. The molecule has 1 aromatic rings. The molecule has 1 radical (unpaired) electrons. The van der Waals surface area contributed by atoms with Gasteiger partial charge in [-0.3, -0.25) is 0 Å². The molecule has 5 heteroatoms. The van der Waals surface area contributed by atoms with E-state index in [9.17, 15) is 13.2 Å². The van der Waals surface area contributed by atoms with E-state index in [0.717, 1.165) is 37.3 Å². The largest absolute Gasteiger partial charge is 0.416 e. The summed E-state index contributed by atoms with van der Waals surface area (Å²) in [6.07, 6.45) is 4.52. The topological polar surface area (TPSA) is 21.6 Å². The van der Waals surface area contributed by atoms with Gasteiger partial charge in [0.15, 0.2) is 0 Å². The average Bonchev–Trinajstić information content (AvgIpc) is 2.44. The molecule has 0 fully saturated rings. The molecule has 1 aromatic carbocycles. The second-order valence-corrected chi connectivity index (χ2v) is 4.61. The Hall–Kier alpha value is -1.78. The smallest absolute Gasteiger partial charge is 0.390 e. The van der Waals surface area contributed by atoms with Gasteiger partial charge in [0.1, 0.15) is 12.8 Å². The normalized spacial score (nSPS) is 16.2. The highest BCUT2D eigenvalue weighted by molar-refractivity contribution is 5.78. The van der Waals surface area contributed by atoms with Crippen LogP contribution in [0.15, 0.2) is 41.1 Å². The van der Waals surface area contributed by atoms with Crippen LogP contribution in [0.1, 0.15) is 36.8 Å². The molecule has 0 atom stereocenters. The molecule has 0 aliphatic heterocycles. The highest BCUT2D eigenvalue weighted by Crippen LogP contribution is 2.32. The molecule has 1 aliphatic carbocycles. The molecule has 2 rings (SSSR count). The molecular weight excluding hydrogens is 267 g/mol. The number of hydrogen-bond acceptors (Lipinski definition) is 2. The molecule has 2 nitrogen and oxygen atoms in total. The van der Waals surface area contributed by atoms with Crippen molar-refractivity contribution >= 4 is 6.21 Å². The molecule has 0 saturated carbocycles. The lowest BCUT2D eigenvalue weighted by Gasteiger charge is -2.11. The van der Waals surface area contributed by atoms with Gasteiger partial charge in [-0.2, -0.15) is 13.2 Å². The Morgan fingerprint density at radius 2 is 2.00 bits per heavy atom. The minimum atomic E-state index is -4.38. The maximum absolute atomic E-state index is 12.7. The summed E-state index contributed by atoms with van der Waals surface area (Å²) in [5.41, 5.74) is 0.343. The first-order chi connectivity index (χ1) is 9.57. The van der Waals surface area contributed by atoms with Crippen LogP contribution in [0.25, 0.3) is 0 Å². The molecule has 0 aromatic heterocycles. The summed E-state index contributed by atoms with van der Waals surface area (Å²) in [5, 5.41) is 3.63. The number of benzene rings is 1. The third-order valence-electron chi connectivity index (χ3n) is 3.09. The fraction of sp³-hybridized carbons (Fsp3) is 0.400. The van der Waals surface area contributed by atoms with Gasteiger partial charge >= 0.3 is 6.18 Å². The molecule has 20 heavy (non-hydrogen) atoms. The van der Waals surface area contributed by atoms with E-state index in [4.69, 9.17) is 4.84 Å². The van der Waals surface area contributed by atoms with Gasteiger partial charge < -0.3 is 4.84 Å². The Bertz CT molecular complexity index is 506. The molecule has 0 bridgehead atoms. The third kappa shape index (κ3) is 4.11. The van der Waals surface area contributed by atoms with E-state index in [1.54, 1.807) is 6.07 Å². The number of halogens is 3. The Balaban J connectivity index is 1.94. The third-order valence-corrected chi connectivity index (χ3v) is 3.09. The molecule has 0 heterocycles. The van der Waals surface area contributed by atoms with Crippen LogP contribution in [-0.2, 0) is 17.6 Å². The molecule has 0 amide bonds. The van der Waals surface area contributed by atoms with Crippen LogP contribution in [0, 0.1) is 0 Å². The lowest BCUT2D eigenvalue weighted by Crippen LogP contribution is -2.09. The summed E-state index contributed by atoms with van der Waals surface area (Å²) < 4.78 is 38.2. The summed E-state index contributed by atoms with van der Waals surface area (Å²) in [6.45, 7) is -0.212. The van der Waals surface area contributed by atoms with Crippen molar-refractivity contribution in [2.75, 3.05) is 0 Å². The van der Waals surface area contributed by atoms with E-state index in [1.807, 2.05) is 6.08 Å².